The van der Waals surface area contributed by atoms with Gasteiger partial charge in [-0.1, -0.05) is 24.3 Å². The molecular formula is C22H22F3N3O2. The van der Waals surface area contributed by atoms with Gasteiger partial charge >= 0.3 is 6.18 Å². The van der Waals surface area contributed by atoms with Crippen molar-refractivity contribution in [2.45, 2.75) is 19.6 Å². The minimum atomic E-state index is -4.38. The molecule has 30 heavy (non-hydrogen) atoms. The number of hydrogen-bond acceptors (Lipinski definition) is 5. The third-order valence-corrected chi connectivity index (χ3v) is 4.65. The number of aryl methyl sites for hydroxylation is 1. The first-order chi connectivity index (χ1) is 14.3. The van der Waals surface area contributed by atoms with Crippen molar-refractivity contribution in [2.75, 3.05) is 25.2 Å². The third-order valence-electron chi connectivity index (χ3n) is 4.65. The second-order valence-electron chi connectivity index (χ2n) is 6.87. The molecule has 158 valence electrons. The molecule has 0 radical (unpaired) electrons. The van der Waals surface area contributed by atoms with Crippen LogP contribution in [0.25, 0.3) is 11.3 Å². The lowest BCUT2D eigenvalue weighted by Crippen LogP contribution is -2.27. The Morgan fingerprint density at radius 2 is 1.80 bits per heavy atom. The van der Waals surface area contributed by atoms with Crippen LogP contribution in [0, 0.1) is 6.92 Å². The largest absolute Gasteiger partial charge is 0.508 e. The van der Waals surface area contributed by atoms with Crippen LogP contribution >= 0.6 is 0 Å². The molecule has 3 rings (SSSR count). The molecule has 0 aliphatic rings. The first-order valence-corrected chi connectivity index (χ1v) is 9.30. The zero-order valence-corrected chi connectivity index (χ0v) is 16.6. The molecule has 0 fully saturated rings. The molecule has 1 aromatic heterocycles. The Hall–Kier alpha value is -3.13. The van der Waals surface area contributed by atoms with Crippen molar-refractivity contribution in [1.82, 2.24) is 9.97 Å². The minimum Gasteiger partial charge on any atom is -0.508 e. The number of anilines is 1. The Balaban J connectivity index is 1.88. The lowest BCUT2D eigenvalue weighted by molar-refractivity contribution is -0.137. The number of nitrogens with zero attached hydrogens (tertiary/aromatic N) is 3. The van der Waals surface area contributed by atoms with Gasteiger partial charge in [-0.05, 0) is 36.2 Å². The zero-order chi connectivity index (χ0) is 21.7. The predicted octanol–water partition coefficient (Wildman–Crippen LogP) is 4.83. The maximum Gasteiger partial charge on any atom is 0.416 e. The van der Waals surface area contributed by atoms with E-state index >= 15 is 0 Å². The van der Waals surface area contributed by atoms with E-state index in [9.17, 15) is 18.3 Å². The fraction of sp³-hybridized carbons (Fsp3) is 0.273. The van der Waals surface area contributed by atoms with Crippen LogP contribution < -0.4 is 4.90 Å². The van der Waals surface area contributed by atoms with E-state index in [1.165, 1.54) is 18.3 Å². The van der Waals surface area contributed by atoms with Gasteiger partial charge in [0.05, 0.1) is 30.3 Å². The van der Waals surface area contributed by atoms with Gasteiger partial charge in [0.1, 0.15) is 11.6 Å². The summed E-state index contributed by atoms with van der Waals surface area (Å²) in [4.78, 5) is 10.8. The summed E-state index contributed by atoms with van der Waals surface area (Å²) in [6.45, 7) is 3.34. The average Bonchev–Trinajstić information content (AvgIpc) is 2.73. The van der Waals surface area contributed by atoms with Gasteiger partial charge in [0.25, 0.3) is 0 Å². The summed E-state index contributed by atoms with van der Waals surface area (Å²) < 4.78 is 43.6. The molecule has 8 heteroatoms. The van der Waals surface area contributed by atoms with E-state index in [-0.39, 0.29) is 5.75 Å². The number of hydrogen-bond donors (Lipinski definition) is 1. The Bertz CT molecular complexity index is 992. The van der Waals surface area contributed by atoms with Crippen molar-refractivity contribution in [3.63, 3.8) is 0 Å². The van der Waals surface area contributed by atoms with E-state index in [1.54, 1.807) is 19.4 Å². The summed E-state index contributed by atoms with van der Waals surface area (Å²) in [5.41, 5.74) is 2.06. The molecule has 0 unspecified atom stereocenters. The van der Waals surface area contributed by atoms with Gasteiger partial charge in [-0.15, -0.1) is 0 Å². The van der Waals surface area contributed by atoms with Gasteiger partial charge < -0.3 is 14.7 Å². The van der Waals surface area contributed by atoms with Crippen LogP contribution in [0.5, 0.6) is 5.75 Å². The standard InChI is InChI=1S/C22H22F3N3O2/c1-15-11-16(3-8-20(15)29)14-28(9-10-30-2)21-13-26-12-19(27-21)17-4-6-18(7-5-17)22(23,24)25/h3-8,11-13,29H,9-10,14H2,1-2H3. The summed E-state index contributed by atoms with van der Waals surface area (Å²) in [7, 11) is 1.60. The highest BCUT2D eigenvalue weighted by Gasteiger charge is 2.30. The van der Waals surface area contributed by atoms with Gasteiger partial charge in [-0.2, -0.15) is 13.2 Å². The summed E-state index contributed by atoms with van der Waals surface area (Å²) in [6, 6.07) is 10.2. The maximum absolute atomic E-state index is 12.8. The smallest absolute Gasteiger partial charge is 0.416 e. The fourth-order valence-corrected chi connectivity index (χ4v) is 2.99. The minimum absolute atomic E-state index is 0.228. The molecule has 0 bridgehead atoms. The Morgan fingerprint density at radius 1 is 1.07 bits per heavy atom. The second kappa shape index (κ2) is 9.13. The van der Waals surface area contributed by atoms with E-state index in [1.807, 2.05) is 24.0 Å². The topological polar surface area (TPSA) is 58.5 Å². The van der Waals surface area contributed by atoms with Gasteiger partial charge in [0.15, 0.2) is 0 Å². The number of benzene rings is 2. The van der Waals surface area contributed by atoms with Crippen LogP contribution in [0.15, 0.2) is 54.9 Å². The number of phenolic OH excluding ortho intramolecular Hbond substituents is 1. The van der Waals surface area contributed by atoms with E-state index in [2.05, 4.69) is 9.97 Å². The quantitative estimate of drug-likeness (QED) is 0.597. The van der Waals surface area contributed by atoms with Crippen molar-refractivity contribution < 1.29 is 23.0 Å². The molecule has 0 spiro atoms. The first-order valence-electron chi connectivity index (χ1n) is 9.30. The monoisotopic (exact) mass is 417 g/mol. The summed E-state index contributed by atoms with van der Waals surface area (Å²) >= 11 is 0. The summed E-state index contributed by atoms with van der Waals surface area (Å²) in [5, 5.41) is 9.74. The Morgan fingerprint density at radius 3 is 2.43 bits per heavy atom. The van der Waals surface area contributed by atoms with E-state index in [4.69, 9.17) is 4.74 Å². The van der Waals surface area contributed by atoms with E-state index in [0.717, 1.165) is 23.3 Å². The van der Waals surface area contributed by atoms with Crippen molar-refractivity contribution in [2.24, 2.45) is 0 Å². The molecule has 3 aromatic rings. The number of rotatable bonds is 7. The van der Waals surface area contributed by atoms with Crippen LogP contribution in [0.4, 0.5) is 19.0 Å². The van der Waals surface area contributed by atoms with Crippen LogP contribution in [0.3, 0.4) is 0 Å². The SMILES string of the molecule is COCCN(Cc1ccc(O)c(C)c1)c1cncc(-c2ccc(C(F)(F)F)cc2)n1. The molecule has 0 amide bonds. The third kappa shape index (κ3) is 5.27. The molecular weight excluding hydrogens is 395 g/mol. The number of aromatic nitrogens is 2. The van der Waals surface area contributed by atoms with Gasteiger partial charge in [-0.3, -0.25) is 4.98 Å². The summed E-state index contributed by atoms with van der Waals surface area (Å²) in [5.74, 6) is 0.807. The van der Waals surface area contributed by atoms with E-state index in [0.29, 0.717) is 36.8 Å². The van der Waals surface area contributed by atoms with Crippen molar-refractivity contribution >= 4 is 5.82 Å². The van der Waals surface area contributed by atoms with Crippen molar-refractivity contribution in [3.05, 3.63) is 71.5 Å². The van der Waals surface area contributed by atoms with E-state index < -0.39 is 11.7 Å². The molecule has 0 saturated carbocycles. The molecule has 1 N–H and O–H groups in total. The second-order valence-corrected chi connectivity index (χ2v) is 6.87. The average molecular weight is 417 g/mol. The lowest BCUT2D eigenvalue weighted by Gasteiger charge is -2.24. The molecule has 2 aromatic carbocycles. The predicted molar refractivity (Wildman–Crippen MR) is 108 cm³/mol. The molecule has 0 atom stereocenters. The van der Waals surface area contributed by atoms with Crippen LogP contribution in [0.1, 0.15) is 16.7 Å². The number of alkyl halides is 3. The van der Waals surface area contributed by atoms with Crippen LogP contribution in [-0.2, 0) is 17.5 Å². The first kappa shape index (κ1) is 21.6. The number of ether oxygens (including phenoxy) is 1. The van der Waals surface area contributed by atoms with Crippen LogP contribution in [0.2, 0.25) is 0 Å². The molecule has 5 nitrogen and oxygen atoms in total. The Kier molecular flexibility index (Phi) is 6.56. The molecule has 0 aliphatic heterocycles. The maximum atomic E-state index is 12.8. The normalized spacial score (nSPS) is 11.5. The van der Waals surface area contributed by atoms with Crippen molar-refractivity contribution in [1.29, 1.82) is 0 Å². The number of methoxy groups -OCH3 is 1. The van der Waals surface area contributed by atoms with Crippen molar-refractivity contribution in [3.8, 4) is 17.0 Å². The summed E-state index contributed by atoms with van der Waals surface area (Å²) in [6.07, 6.45) is -1.26. The zero-order valence-electron chi connectivity index (χ0n) is 16.6. The highest BCUT2D eigenvalue weighted by Crippen LogP contribution is 2.31. The Labute approximate surface area is 172 Å². The molecule has 0 aliphatic carbocycles. The molecule has 1 heterocycles. The highest BCUT2D eigenvalue weighted by atomic mass is 19.4. The number of aromatic hydroxyl groups is 1. The highest BCUT2D eigenvalue weighted by molar-refractivity contribution is 5.60. The fourth-order valence-electron chi connectivity index (χ4n) is 2.99. The van der Waals surface area contributed by atoms with Gasteiger partial charge in [-0.25, -0.2) is 4.98 Å². The van der Waals surface area contributed by atoms with Crippen LogP contribution in [-0.4, -0.2) is 35.3 Å². The number of halogens is 3. The molecule has 0 saturated heterocycles. The van der Waals surface area contributed by atoms with Gasteiger partial charge in [0, 0.05) is 25.8 Å². The number of phenols is 1. The lowest BCUT2D eigenvalue weighted by atomic mass is 10.1. The van der Waals surface area contributed by atoms with Gasteiger partial charge in [0.2, 0.25) is 0 Å².